The fraction of sp³-hybridized carbons (Fsp3) is 0.500. The second-order valence-corrected chi connectivity index (χ2v) is 7.25. The summed E-state index contributed by atoms with van der Waals surface area (Å²) in [5.74, 6) is 0.597. The number of aryl methyl sites for hydroxylation is 2. The molecule has 1 aromatic carbocycles. The molecule has 0 spiro atoms. The lowest BCUT2D eigenvalue weighted by molar-refractivity contribution is 0.598. The molecule has 0 atom stereocenters. The molecule has 0 bridgehead atoms. The molecular formula is C12H17BrClNO2S. The number of benzene rings is 1. The highest BCUT2D eigenvalue weighted by Gasteiger charge is 2.11. The van der Waals surface area contributed by atoms with Crippen LogP contribution in [0.3, 0.4) is 0 Å². The van der Waals surface area contributed by atoms with Gasteiger partial charge in [-0.05, 0) is 49.9 Å². The van der Waals surface area contributed by atoms with Gasteiger partial charge in [0.1, 0.15) is 0 Å². The molecule has 0 saturated heterocycles. The van der Waals surface area contributed by atoms with Crippen molar-refractivity contribution >= 4 is 43.2 Å². The van der Waals surface area contributed by atoms with Crippen LogP contribution in [0.1, 0.15) is 24.0 Å². The monoisotopic (exact) mass is 353 g/mol. The molecule has 0 heterocycles. The van der Waals surface area contributed by atoms with Crippen molar-refractivity contribution < 1.29 is 8.42 Å². The van der Waals surface area contributed by atoms with Gasteiger partial charge in [0.15, 0.2) is 0 Å². The van der Waals surface area contributed by atoms with Crippen LogP contribution in [0.5, 0.6) is 0 Å². The van der Waals surface area contributed by atoms with Gasteiger partial charge in [-0.25, -0.2) is 8.42 Å². The third-order valence-electron chi connectivity index (χ3n) is 2.51. The summed E-state index contributed by atoms with van der Waals surface area (Å²) in [6.07, 6.45) is 1.29. The lowest BCUT2D eigenvalue weighted by atomic mass is 10.1. The maximum atomic E-state index is 11.8. The SMILES string of the molecule is Cc1cc(NS(=O)(=O)CCCCCl)cc(C)c1Br. The fourth-order valence-corrected chi connectivity index (χ4v) is 3.20. The molecule has 102 valence electrons. The van der Waals surface area contributed by atoms with Crippen molar-refractivity contribution in [3.63, 3.8) is 0 Å². The minimum absolute atomic E-state index is 0.105. The van der Waals surface area contributed by atoms with Gasteiger partial charge in [-0.2, -0.15) is 0 Å². The molecule has 0 aliphatic carbocycles. The summed E-state index contributed by atoms with van der Waals surface area (Å²) in [5, 5.41) is 0. The van der Waals surface area contributed by atoms with Crippen LogP contribution in [0.15, 0.2) is 16.6 Å². The van der Waals surface area contributed by atoms with Crippen LogP contribution in [-0.4, -0.2) is 20.1 Å². The quantitative estimate of drug-likeness (QED) is 0.623. The number of halogens is 2. The molecule has 1 aromatic rings. The second-order valence-electron chi connectivity index (χ2n) is 4.24. The van der Waals surface area contributed by atoms with Gasteiger partial charge in [-0.3, -0.25) is 4.72 Å². The minimum atomic E-state index is -3.28. The van der Waals surface area contributed by atoms with E-state index in [2.05, 4.69) is 20.7 Å². The van der Waals surface area contributed by atoms with E-state index < -0.39 is 10.0 Å². The van der Waals surface area contributed by atoms with Crippen molar-refractivity contribution in [3.05, 3.63) is 27.7 Å². The summed E-state index contributed by atoms with van der Waals surface area (Å²) >= 11 is 8.98. The molecule has 1 rings (SSSR count). The summed E-state index contributed by atoms with van der Waals surface area (Å²) in [7, 11) is -3.28. The molecule has 3 nitrogen and oxygen atoms in total. The Morgan fingerprint density at radius 1 is 1.22 bits per heavy atom. The van der Waals surface area contributed by atoms with Crippen LogP contribution in [-0.2, 0) is 10.0 Å². The van der Waals surface area contributed by atoms with E-state index in [4.69, 9.17) is 11.6 Å². The van der Waals surface area contributed by atoms with Crippen molar-refractivity contribution in [1.82, 2.24) is 0 Å². The van der Waals surface area contributed by atoms with E-state index in [1.54, 1.807) is 0 Å². The average Bonchev–Trinajstić information content (AvgIpc) is 2.25. The van der Waals surface area contributed by atoms with Gasteiger partial charge in [0.2, 0.25) is 10.0 Å². The third kappa shape index (κ3) is 4.78. The smallest absolute Gasteiger partial charge is 0.232 e. The largest absolute Gasteiger partial charge is 0.284 e. The highest BCUT2D eigenvalue weighted by Crippen LogP contribution is 2.25. The van der Waals surface area contributed by atoms with E-state index in [-0.39, 0.29) is 5.75 Å². The van der Waals surface area contributed by atoms with Crippen LogP contribution in [0.25, 0.3) is 0 Å². The summed E-state index contributed by atoms with van der Waals surface area (Å²) in [6, 6.07) is 3.63. The Hall–Kier alpha value is -0.260. The first-order chi connectivity index (χ1) is 8.35. The van der Waals surface area contributed by atoms with Crippen molar-refractivity contribution in [2.24, 2.45) is 0 Å². The Labute approximate surface area is 122 Å². The first kappa shape index (κ1) is 15.8. The molecule has 0 fully saturated rings. The van der Waals surface area contributed by atoms with Crippen LogP contribution >= 0.6 is 27.5 Å². The molecular weight excluding hydrogens is 338 g/mol. The first-order valence-electron chi connectivity index (χ1n) is 5.69. The molecule has 0 unspecified atom stereocenters. The van der Waals surface area contributed by atoms with Gasteiger partial charge in [0, 0.05) is 16.0 Å². The maximum absolute atomic E-state index is 11.8. The topological polar surface area (TPSA) is 46.2 Å². The number of alkyl halides is 1. The number of rotatable bonds is 6. The first-order valence-corrected chi connectivity index (χ1v) is 8.67. The Kier molecular flexibility index (Phi) is 5.95. The molecule has 0 aliphatic heterocycles. The Morgan fingerprint density at radius 3 is 2.28 bits per heavy atom. The standard InChI is InChI=1S/C12H17BrClNO2S/c1-9-7-11(8-10(2)12(9)13)15-18(16,17)6-4-3-5-14/h7-8,15H,3-6H2,1-2H3. The van der Waals surface area contributed by atoms with Crippen molar-refractivity contribution in [2.75, 3.05) is 16.4 Å². The predicted octanol–water partition coefficient (Wildman–Crippen LogP) is 3.83. The highest BCUT2D eigenvalue weighted by molar-refractivity contribution is 9.10. The minimum Gasteiger partial charge on any atom is -0.284 e. The summed E-state index contributed by atoms with van der Waals surface area (Å²) in [4.78, 5) is 0. The molecule has 0 radical (unpaired) electrons. The fourth-order valence-electron chi connectivity index (χ4n) is 1.62. The number of anilines is 1. The molecule has 0 aromatic heterocycles. The van der Waals surface area contributed by atoms with E-state index in [1.165, 1.54) is 0 Å². The van der Waals surface area contributed by atoms with Gasteiger partial charge < -0.3 is 0 Å². The van der Waals surface area contributed by atoms with Gasteiger partial charge in [0.25, 0.3) is 0 Å². The predicted molar refractivity (Wildman–Crippen MR) is 81.0 cm³/mol. The molecule has 1 N–H and O–H groups in total. The number of unbranched alkanes of at least 4 members (excludes halogenated alkanes) is 1. The van der Waals surface area contributed by atoms with Crippen LogP contribution in [0.2, 0.25) is 0 Å². The highest BCUT2D eigenvalue weighted by atomic mass is 79.9. The van der Waals surface area contributed by atoms with Gasteiger partial charge >= 0.3 is 0 Å². The normalized spacial score (nSPS) is 11.6. The zero-order chi connectivity index (χ0) is 13.8. The maximum Gasteiger partial charge on any atom is 0.232 e. The number of hydrogen-bond acceptors (Lipinski definition) is 2. The van der Waals surface area contributed by atoms with E-state index in [0.29, 0.717) is 24.4 Å². The molecule has 0 saturated carbocycles. The molecule has 0 amide bonds. The number of hydrogen-bond donors (Lipinski definition) is 1. The van der Waals surface area contributed by atoms with Gasteiger partial charge in [0.05, 0.1) is 5.75 Å². The van der Waals surface area contributed by atoms with Crippen LogP contribution < -0.4 is 4.72 Å². The summed E-state index contributed by atoms with van der Waals surface area (Å²) < 4.78 is 27.2. The van der Waals surface area contributed by atoms with E-state index in [0.717, 1.165) is 15.6 Å². The number of sulfonamides is 1. The van der Waals surface area contributed by atoms with E-state index >= 15 is 0 Å². The zero-order valence-electron chi connectivity index (χ0n) is 10.5. The Morgan fingerprint density at radius 2 is 1.78 bits per heavy atom. The number of nitrogens with one attached hydrogen (secondary N) is 1. The third-order valence-corrected chi connectivity index (χ3v) is 5.40. The Balaban J connectivity index is 2.78. The van der Waals surface area contributed by atoms with Crippen molar-refractivity contribution in [3.8, 4) is 0 Å². The van der Waals surface area contributed by atoms with E-state index in [1.807, 2.05) is 26.0 Å². The lowest BCUT2D eigenvalue weighted by Gasteiger charge is -2.11. The van der Waals surface area contributed by atoms with Crippen LogP contribution in [0.4, 0.5) is 5.69 Å². The average molecular weight is 355 g/mol. The van der Waals surface area contributed by atoms with Crippen molar-refractivity contribution in [1.29, 1.82) is 0 Å². The van der Waals surface area contributed by atoms with Gasteiger partial charge in [-0.15, -0.1) is 11.6 Å². The Bertz CT molecular complexity index is 494. The molecule has 0 aliphatic rings. The van der Waals surface area contributed by atoms with Gasteiger partial charge in [-0.1, -0.05) is 15.9 Å². The second kappa shape index (κ2) is 6.78. The van der Waals surface area contributed by atoms with E-state index in [9.17, 15) is 8.42 Å². The zero-order valence-corrected chi connectivity index (χ0v) is 13.6. The summed E-state index contributed by atoms with van der Waals surface area (Å²) in [6.45, 7) is 3.87. The summed E-state index contributed by atoms with van der Waals surface area (Å²) in [5.41, 5.74) is 2.63. The molecule has 18 heavy (non-hydrogen) atoms. The molecule has 6 heteroatoms. The lowest BCUT2D eigenvalue weighted by Crippen LogP contribution is -2.17. The van der Waals surface area contributed by atoms with Crippen molar-refractivity contribution in [2.45, 2.75) is 26.7 Å². The van der Waals surface area contributed by atoms with Crippen LogP contribution in [0, 0.1) is 13.8 Å².